The topological polar surface area (TPSA) is 97.1 Å². The van der Waals surface area contributed by atoms with Gasteiger partial charge in [0.05, 0.1) is 0 Å². The first-order chi connectivity index (χ1) is 7.40. The predicted octanol–water partition coefficient (Wildman–Crippen LogP) is -0.0505. The van der Waals surface area contributed by atoms with E-state index in [-0.39, 0.29) is 16.9 Å². The monoisotopic (exact) mass is 244 g/mol. The van der Waals surface area contributed by atoms with E-state index in [2.05, 4.69) is 15.1 Å². The Morgan fingerprint density at radius 2 is 2.19 bits per heavy atom. The summed E-state index contributed by atoms with van der Waals surface area (Å²) < 4.78 is 0.773. The zero-order valence-corrected chi connectivity index (χ0v) is 9.33. The van der Waals surface area contributed by atoms with Crippen LogP contribution in [0.15, 0.2) is 6.07 Å². The number of carbonyl (C=O) groups is 2. The average Bonchev–Trinajstić information content (AvgIpc) is 2.09. The maximum absolute atomic E-state index is 10.9. The van der Waals surface area contributed by atoms with Crippen LogP contribution >= 0.6 is 11.6 Å². The van der Waals surface area contributed by atoms with Crippen molar-refractivity contribution in [2.75, 3.05) is 5.32 Å². The van der Waals surface area contributed by atoms with Crippen molar-refractivity contribution in [3.05, 3.63) is 16.8 Å². The van der Waals surface area contributed by atoms with Crippen LogP contribution in [0, 0.1) is 5.41 Å². The number of halogens is 1. The third kappa shape index (κ3) is 3.06. The van der Waals surface area contributed by atoms with E-state index in [9.17, 15) is 9.59 Å². The number of aromatic nitrogens is 2. The minimum Gasteiger partial charge on any atom is -0.332 e. The molecule has 7 nitrogen and oxygen atoms in total. The molecule has 86 valence electrons. The summed E-state index contributed by atoms with van der Waals surface area (Å²) in [6, 6.07) is 1.27. The third-order valence-electron chi connectivity index (χ3n) is 1.40. The van der Waals surface area contributed by atoms with Crippen LogP contribution < -0.4 is 15.8 Å². The quantitative estimate of drug-likeness (QED) is 0.713. The maximum atomic E-state index is 10.9. The molecule has 2 N–H and O–H groups in total. The molecule has 0 aromatic carbocycles. The molecule has 8 heteroatoms. The zero-order valence-electron chi connectivity index (χ0n) is 8.57. The highest BCUT2D eigenvalue weighted by Gasteiger charge is 2.09. The van der Waals surface area contributed by atoms with Gasteiger partial charge in [-0.2, -0.15) is 4.98 Å². The summed E-state index contributed by atoms with van der Waals surface area (Å²) in [5.41, 5.74) is -0.397. The highest BCUT2D eigenvalue weighted by Crippen LogP contribution is 2.09. The first-order valence-electron chi connectivity index (χ1n) is 4.21. The Labute approximate surface area is 95.5 Å². The van der Waals surface area contributed by atoms with Gasteiger partial charge >= 0.3 is 5.97 Å². The second kappa shape index (κ2) is 4.75. The number of hydrogen-bond donors (Lipinski definition) is 2. The molecule has 0 unspecified atom stereocenters. The molecule has 0 spiro atoms. The SMILES string of the molecule is CC(=O)Nc1cc(Cl)nc(=N)n1OC(C)=O. The van der Waals surface area contributed by atoms with Gasteiger partial charge in [-0.1, -0.05) is 11.6 Å². The molecule has 0 atom stereocenters. The molecule has 1 aromatic heterocycles. The van der Waals surface area contributed by atoms with Gasteiger partial charge in [0.1, 0.15) is 5.15 Å². The van der Waals surface area contributed by atoms with E-state index in [1.165, 1.54) is 19.9 Å². The molecule has 0 bridgehead atoms. The van der Waals surface area contributed by atoms with Crippen molar-refractivity contribution in [3.8, 4) is 0 Å². The van der Waals surface area contributed by atoms with Crippen LogP contribution in [0.1, 0.15) is 13.8 Å². The Kier molecular flexibility index (Phi) is 3.62. The van der Waals surface area contributed by atoms with Gasteiger partial charge in [0.2, 0.25) is 5.91 Å². The first-order valence-corrected chi connectivity index (χ1v) is 4.58. The average molecular weight is 245 g/mol. The highest BCUT2D eigenvalue weighted by molar-refractivity contribution is 6.29. The van der Waals surface area contributed by atoms with Crippen molar-refractivity contribution in [3.63, 3.8) is 0 Å². The normalized spacial score (nSPS) is 9.69. The van der Waals surface area contributed by atoms with Gasteiger partial charge in [-0.15, -0.1) is 4.73 Å². The Balaban J connectivity index is 3.26. The predicted molar refractivity (Wildman–Crippen MR) is 54.7 cm³/mol. The maximum Gasteiger partial charge on any atom is 0.330 e. The van der Waals surface area contributed by atoms with E-state index in [4.69, 9.17) is 17.0 Å². The Morgan fingerprint density at radius 3 is 2.69 bits per heavy atom. The lowest BCUT2D eigenvalue weighted by molar-refractivity contribution is -0.142. The van der Waals surface area contributed by atoms with Gasteiger partial charge in [0.25, 0.3) is 5.62 Å². The summed E-state index contributed by atoms with van der Waals surface area (Å²) in [6.45, 7) is 2.44. The smallest absolute Gasteiger partial charge is 0.330 e. The van der Waals surface area contributed by atoms with Gasteiger partial charge < -0.3 is 10.2 Å². The fraction of sp³-hybridized carbons (Fsp3) is 0.250. The van der Waals surface area contributed by atoms with Crippen molar-refractivity contribution in [1.82, 2.24) is 9.71 Å². The Morgan fingerprint density at radius 1 is 1.56 bits per heavy atom. The molecule has 0 fully saturated rings. The molecule has 0 saturated carbocycles. The van der Waals surface area contributed by atoms with Gasteiger partial charge in [-0.3, -0.25) is 10.2 Å². The van der Waals surface area contributed by atoms with Gasteiger partial charge in [0.15, 0.2) is 5.82 Å². The highest BCUT2D eigenvalue weighted by atomic mass is 35.5. The number of amides is 1. The summed E-state index contributed by atoms with van der Waals surface area (Å²) in [5.74, 6) is -0.968. The summed E-state index contributed by atoms with van der Waals surface area (Å²) in [4.78, 5) is 29.9. The van der Waals surface area contributed by atoms with Crippen LogP contribution in [0.5, 0.6) is 0 Å². The molecule has 0 aliphatic carbocycles. The van der Waals surface area contributed by atoms with Crippen LogP contribution in [0.25, 0.3) is 0 Å². The molecule has 1 heterocycles. The minimum atomic E-state index is -0.644. The van der Waals surface area contributed by atoms with Gasteiger partial charge in [0, 0.05) is 19.9 Å². The molecular formula is C8H9ClN4O3. The molecule has 0 aliphatic rings. The number of hydrogen-bond acceptors (Lipinski definition) is 5. The van der Waals surface area contributed by atoms with Crippen molar-refractivity contribution >= 4 is 29.3 Å². The van der Waals surface area contributed by atoms with Gasteiger partial charge in [-0.05, 0) is 0 Å². The lowest BCUT2D eigenvalue weighted by Crippen LogP contribution is -2.34. The van der Waals surface area contributed by atoms with Crippen molar-refractivity contribution in [1.29, 1.82) is 5.41 Å². The first kappa shape index (κ1) is 12.2. The summed E-state index contributed by atoms with van der Waals surface area (Å²) >= 11 is 5.61. The molecule has 1 amide bonds. The van der Waals surface area contributed by atoms with Crippen LogP contribution in [0.3, 0.4) is 0 Å². The standard InChI is InChI=1S/C8H9ClN4O3/c1-4(14)11-7-3-6(9)12-8(10)13(7)16-5(2)15/h3,10H,1-2H3,(H,11,14). The van der Waals surface area contributed by atoms with Crippen LogP contribution in [0.2, 0.25) is 5.15 Å². The number of rotatable bonds is 2. The number of carbonyl (C=O) groups excluding carboxylic acids is 2. The van der Waals surface area contributed by atoms with E-state index >= 15 is 0 Å². The number of nitrogens with one attached hydrogen (secondary N) is 2. The molecule has 0 saturated heterocycles. The second-order valence-electron chi connectivity index (χ2n) is 2.85. The Hall–Kier alpha value is -1.89. The van der Waals surface area contributed by atoms with Crippen LogP contribution in [0.4, 0.5) is 5.82 Å². The summed E-state index contributed by atoms with van der Waals surface area (Å²) in [6.07, 6.45) is 0. The largest absolute Gasteiger partial charge is 0.332 e. The van der Waals surface area contributed by atoms with E-state index in [1.807, 2.05) is 0 Å². The van der Waals surface area contributed by atoms with Crippen molar-refractivity contribution in [2.45, 2.75) is 13.8 Å². The molecular weight excluding hydrogens is 236 g/mol. The van der Waals surface area contributed by atoms with Crippen LogP contribution in [-0.4, -0.2) is 21.6 Å². The lowest BCUT2D eigenvalue weighted by Gasteiger charge is -2.11. The number of anilines is 1. The molecule has 1 aromatic rings. The Bertz CT molecular complexity index is 497. The van der Waals surface area contributed by atoms with E-state index in [0.29, 0.717) is 0 Å². The minimum absolute atomic E-state index is 0.0113. The third-order valence-corrected chi connectivity index (χ3v) is 1.60. The molecule has 16 heavy (non-hydrogen) atoms. The fourth-order valence-corrected chi connectivity index (χ4v) is 1.14. The molecule has 0 aliphatic heterocycles. The van der Waals surface area contributed by atoms with E-state index < -0.39 is 11.6 Å². The zero-order chi connectivity index (χ0) is 12.3. The van der Waals surface area contributed by atoms with E-state index in [1.54, 1.807) is 0 Å². The van der Waals surface area contributed by atoms with E-state index in [0.717, 1.165) is 4.73 Å². The summed E-state index contributed by atoms with van der Waals surface area (Å²) in [7, 11) is 0. The van der Waals surface area contributed by atoms with Gasteiger partial charge in [-0.25, -0.2) is 4.79 Å². The van der Waals surface area contributed by atoms with Crippen molar-refractivity contribution < 1.29 is 14.4 Å². The second-order valence-corrected chi connectivity index (χ2v) is 3.23. The molecule has 0 radical (unpaired) electrons. The summed E-state index contributed by atoms with van der Waals surface area (Å²) in [5, 5.41) is 9.80. The van der Waals surface area contributed by atoms with Crippen molar-refractivity contribution in [2.24, 2.45) is 0 Å². The van der Waals surface area contributed by atoms with Crippen LogP contribution in [-0.2, 0) is 9.59 Å². The molecule has 1 rings (SSSR count). The fourth-order valence-electron chi connectivity index (χ4n) is 0.953. The lowest BCUT2D eigenvalue weighted by atomic mass is 10.5. The number of nitrogens with zero attached hydrogens (tertiary/aromatic N) is 2.